The quantitative estimate of drug-likeness (QED) is 0.168. The van der Waals surface area contributed by atoms with E-state index >= 15 is 8.78 Å². The summed E-state index contributed by atoms with van der Waals surface area (Å²) < 4.78 is 57.1. The Morgan fingerprint density at radius 1 is 1.08 bits per heavy atom. The van der Waals surface area contributed by atoms with Crippen molar-refractivity contribution in [1.82, 2.24) is 25.1 Å². The lowest BCUT2D eigenvalue weighted by Gasteiger charge is -2.22. The summed E-state index contributed by atoms with van der Waals surface area (Å²) in [6.07, 6.45) is 3.84. The van der Waals surface area contributed by atoms with Crippen LogP contribution in [0.2, 0.25) is 0 Å². The highest BCUT2D eigenvalue weighted by Gasteiger charge is 2.49. The first-order chi connectivity index (χ1) is 24.7. The number of aryl methyl sites for hydroxylation is 3. The normalized spacial score (nSPS) is 18.7. The van der Waals surface area contributed by atoms with Crippen molar-refractivity contribution in [3.8, 4) is 27.6 Å². The average Bonchev–Trinajstić information content (AvgIpc) is 3.95. The summed E-state index contributed by atoms with van der Waals surface area (Å²) in [7, 11) is 1.48. The first-order valence-corrected chi connectivity index (χ1v) is 17.6. The Hall–Kier alpha value is -5.30. The Morgan fingerprint density at radius 3 is 2.71 bits per heavy atom. The average molecular weight is 709 g/mol. The molecule has 51 heavy (non-hydrogen) atoms. The number of amides is 1. The number of nitrogens with zero attached hydrogens (tertiary/aromatic N) is 5. The zero-order valence-electron chi connectivity index (χ0n) is 27.7. The van der Waals surface area contributed by atoms with Gasteiger partial charge in [0, 0.05) is 42.1 Å². The number of alkyl halides is 2. The third-order valence-corrected chi connectivity index (χ3v) is 11.3. The molecule has 1 aliphatic carbocycles. The minimum Gasteiger partial charge on any atom is -0.496 e. The molecule has 0 spiro atoms. The number of benzene rings is 2. The van der Waals surface area contributed by atoms with Gasteiger partial charge in [0.05, 0.1) is 40.4 Å². The molecule has 13 heteroatoms. The molecule has 6 aromatic rings. The molecule has 9 nitrogen and oxygen atoms in total. The highest BCUT2D eigenvalue weighted by atomic mass is 32.1. The van der Waals surface area contributed by atoms with Crippen LogP contribution in [0.15, 0.2) is 65.2 Å². The van der Waals surface area contributed by atoms with Crippen molar-refractivity contribution in [2.75, 3.05) is 19.0 Å². The third-order valence-electron chi connectivity index (χ3n) is 10.1. The van der Waals surface area contributed by atoms with E-state index in [0.717, 1.165) is 28.7 Å². The summed E-state index contributed by atoms with van der Waals surface area (Å²) in [5, 5.41) is 12.4. The van der Waals surface area contributed by atoms with E-state index < -0.39 is 18.4 Å². The Bertz CT molecular complexity index is 2360. The van der Waals surface area contributed by atoms with Gasteiger partial charge in [-0.1, -0.05) is 24.3 Å². The highest BCUT2D eigenvalue weighted by Crippen LogP contribution is 2.52. The van der Waals surface area contributed by atoms with E-state index in [4.69, 9.17) is 14.1 Å². The minimum atomic E-state index is -3.09. The van der Waals surface area contributed by atoms with Crippen LogP contribution in [-0.2, 0) is 19.3 Å². The van der Waals surface area contributed by atoms with Gasteiger partial charge in [0.2, 0.25) is 11.8 Å². The van der Waals surface area contributed by atoms with Crippen molar-refractivity contribution >= 4 is 33.1 Å². The maximum Gasteiger partial charge on any atom is 0.276 e. The van der Waals surface area contributed by atoms with Gasteiger partial charge >= 0.3 is 0 Å². The zero-order valence-corrected chi connectivity index (χ0v) is 28.5. The van der Waals surface area contributed by atoms with Gasteiger partial charge in [0.25, 0.3) is 11.8 Å². The standard InChI is InChI=1S/C38H31F3N6O3S/c1-19-45-46-36(50-19)29-25(13-10-20-8-11-22(39)12-9-20)43-32-26-6-4-16-47(26)37(48)31(32)30(29)28-17-21-14-15-42-35(33(21)51-28)44-34-23-5-3-7-27(49-2)24(23)18-38(34,40)41/h3,5,7-9,11-12,14-15,17,26,34H,4,6,10,13,16,18H2,1-2H3,(H,42,44)/t26?,34-/m1/s1. The number of aromatic nitrogens is 4. The number of anilines is 1. The highest BCUT2D eigenvalue weighted by molar-refractivity contribution is 7.23. The number of rotatable bonds is 8. The number of fused-ring (bicyclic) bond motifs is 5. The van der Waals surface area contributed by atoms with Gasteiger partial charge in [-0.3, -0.25) is 9.78 Å². The largest absolute Gasteiger partial charge is 0.496 e. The second-order valence-electron chi connectivity index (χ2n) is 13.2. The van der Waals surface area contributed by atoms with Crippen molar-refractivity contribution in [3.05, 3.63) is 106 Å². The number of ether oxygens (including phenoxy) is 1. The summed E-state index contributed by atoms with van der Waals surface area (Å²) in [4.78, 5) is 26.5. The van der Waals surface area contributed by atoms with E-state index in [9.17, 15) is 9.18 Å². The van der Waals surface area contributed by atoms with Crippen LogP contribution in [0.25, 0.3) is 32.0 Å². The molecule has 0 bridgehead atoms. The van der Waals surface area contributed by atoms with Crippen LogP contribution in [0.1, 0.15) is 69.3 Å². The van der Waals surface area contributed by atoms with E-state index in [1.54, 1.807) is 43.5 Å². The Balaban J connectivity index is 1.21. The van der Waals surface area contributed by atoms with Crippen LogP contribution in [0.3, 0.4) is 0 Å². The molecule has 9 rings (SSSR count). The van der Waals surface area contributed by atoms with Gasteiger partial charge < -0.3 is 19.4 Å². The number of carbonyl (C=O) groups excluding carboxylic acids is 1. The fourth-order valence-electron chi connectivity index (χ4n) is 7.83. The number of halogens is 3. The monoisotopic (exact) mass is 708 g/mol. The van der Waals surface area contributed by atoms with Gasteiger partial charge in [-0.25, -0.2) is 18.2 Å². The molecule has 2 aromatic carbocycles. The fourth-order valence-corrected chi connectivity index (χ4v) is 8.99. The van der Waals surface area contributed by atoms with Crippen LogP contribution < -0.4 is 10.1 Å². The molecule has 1 saturated heterocycles. The number of carbonyl (C=O) groups is 1. The van der Waals surface area contributed by atoms with Gasteiger partial charge in [0.1, 0.15) is 23.4 Å². The topological polar surface area (TPSA) is 106 Å². The molecule has 258 valence electrons. The van der Waals surface area contributed by atoms with E-state index in [1.807, 2.05) is 17.0 Å². The molecule has 4 aromatic heterocycles. The summed E-state index contributed by atoms with van der Waals surface area (Å²) in [6.45, 7) is 2.33. The first-order valence-electron chi connectivity index (χ1n) is 16.8. The minimum absolute atomic E-state index is 0.109. The number of hydrogen-bond acceptors (Lipinski definition) is 9. The predicted octanol–water partition coefficient (Wildman–Crippen LogP) is 8.28. The van der Waals surface area contributed by atoms with Crippen LogP contribution in [-0.4, -0.2) is 50.5 Å². The van der Waals surface area contributed by atoms with Gasteiger partial charge in [0.15, 0.2) is 0 Å². The number of thiophene rings is 1. The molecular formula is C38H31F3N6O3S. The van der Waals surface area contributed by atoms with Crippen molar-refractivity contribution in [2.45, 2.75) is 57.0 Å². The Morgan fingerprint density at radius 2 is 1.92 bits per heavy atom. The summed E-state index contributed by atoms with van der Waals surface area (Å²) in [5.74, 6) is -2.18. The summed E-state index contributed by atoms with van der Waals surface area (Å²) >= 11 is 1.36. The van der Waals surface area contributed by atoms with Gasteiger partial charge in [-0.15, -0.1) is 21.5 Å². The second-order valence-corrected chi connectivity index (χ2v) is 14.3. The molecule has 1 N–H and O–H groups in total. The van der Waals surface area contributed by atoms with E-state index in [1.165, 1.54) is 30.6 Å². The van der Waals surface area contributed by atoms with Crippen LogP contribution in [0.5, 0.6) is 5.75 Å². The Kier molecular flexibility index (Phi) is 7.39. The van der Waals surface area contributed by atoms with Crippen LogP contribution >= 0.6 is 11.3 Å². The maximum atomic E-state index is 15.6. The van der Waals surface area contributed by atoms with Gasteiger partial charge in [-0.2, -0.15) is 0 Å². The lowest BCUT2D eigenvalue weighted by atomic mass is 9.93. The van der Waals surface area contributed by atoms with Crippen LogP contribution in [0, 0.1) is 12.7 Å². The van der Waals surface area contributed by atoms with Crippen LogP contribution in [0.4, 0.5) is 19.0 Å². The number of hydrogen-bond donors (Lipinski definition) is 1. The molecule has 3 aliphatic rings. The molecule has 6 heterocycles. The van der Waals surface area contributed by atoms with Crippen molar-refractivity contribution in [2.24, 2.45) is 0 Å². The molecule has 0 radical (unpaired) electrons. The molecule has 1 fully saturated rings. The molecule has 2 aliphatic heterocycles. The zero-order chi connectivity index (χ0) is 35.0. The third kappa shape index (κ3) is 5.16. The number of methoxy groups -OCH3 is 1. The predicted molar refractivity (Wildman–Crippen MR) is 186 cm³/mol. The molecule has 1 amide bonds. The van der Waals surface area contributed by atoms with E-state index in [2.05, 4.69) is 20.5 Å². The van der Waals surface area contributed by atoms with E-state index in [0.29, 0.717) is 80.7 Å². The smallest absolute Gasteiger partial charge is 0.276 e. The molecular weight excluding hydrogens is 678 g/mol. The second kappa shape index (κ2) is 11.9. The van der Waals surface area contributed by atoms with Crippen molar-refractivity contribution < 1.29 is 27.1 Å². The fraction of sp³-hybridized carbons (Fsp3) is 0.289. The maximum absolute atomic E-state index is 15.6. The lowest BCUT2D eigenvalue weighted by molar-refractivity contribution is -0.00734. The van der Waals surface area contributed by atoms with Crippen molar-refractivity contribution in [1.29, 1.82) is 0 Å². The first kappa shape index (κ1) is 31.7. The van der Waals surface area contributed by atoms with Crippen molar-refractivity contribution in [3.63, 3.8) is 0 Å². The SMILES string of the molecule is COc1cccc2c1CC(F)(F)[C@@H]2Nc1nccc2cc(-c3c4c(nc(CCc5ccc(F)cc5)c3-c3nnc(C)o3)C3CCCN3C4=O)sc12. The summed E-state index contributed by atoms with van der Waals surface area (Å²) in [6, 6.07) is 13.8. The summed E-state index contributed by atoms with van der Waals surface area (Å²) in [5.41, 5.74) is 4.95. The molecule has 2 atom stereocenters. The molecule has 1 unspecified atom stereocenters. The molecule has 0 saturated carbocycles. The number of pyridine rings is 2. The lowest BCUT2D eigenvalue weighted by Crippen LogP contribution is -2.28. The van der Waals surface area contributed by atoms with E-state index in [-0.39, 0.29) is 23.7 Å². The number of nitrogens with one attached hydrogen (secondary N) is 1. The Labute approximate surface area is 294 Å². The van der Waals surface area contributed by atoms with Gasteiger partial charge in [-0.05, 0) is 72.5 Å².